The zero-order valence-electron chi connectivity index (χ0n) is 14.3. The zero-order valence-corrected chi connectivity index (χ0v) is 14.3. The van der Waals surface area contributed by atoms with Crippen LogP contribution < -0.4 is 0 Å². The molecule has 3 rings (SSSR count). The van der Waals surface area contributed by atoms with E-state index in [1.54, 1.807) is 19.1 Å². The zero-order chi connectivity index (χ0) is 16.2. The SMILES string of the molecule is CO[C@H]1[C@H](OC)C=C2C=C3C(=C(C)C(=O)N3C)C[C@]2(C)[C@H]1C. The minimum Gasteiger partial charge on any atom is -0.378 e. The predicted molar refractivity (Wildman–Crippen MR) is 85.1 cm³/mol. The molecule has 0 radical (unpaired) electrons. The largest absolute Gasteiger partial charge is 0.378 e. The molecule has 0 N–H and O–H groups in total. The maximum Gasteiger partial charge on any atom is 0.254 e. The van der Waals surface area contributed by atoms with E-state index in [2.05, 4.69) is 26.0 Å². The monoisotopic (exact) mass is 303 g/mol. The van der Waals surface area contributed by atoms with Gasteiger partial charge in [-0.05, 0) is 42.6 Å². The first kappa shape index (κ1) is 15.5. The van der Waals surface area contributed by atoms with Gasteiger partial charge in [0.2, 0.25) is 0 Å². The molecule has 1 heterocycles. The molecule has 0 spiro atoms. The molecule has 0 saturated carbocycles. The number of carbonyl (C=O) groups is 1. The Morgan fingerprint density at radius 2 is 2.00 bits per heavy atom. The second kappa shape index (κ2) is 5.07. The van der Waals surface area contributed by atoms with Crippen LogP contribution in [-0.4, -0.2) is 44.3 Å². The molecule has 22 heavy (non-hydrogen) atoms. The van der Waals surface area contributed by atoms with Crippen LogP contribution in [-0.2, 0) is 14.3 Å². The molecule has 4 heteroatoms. The highest BCUT2D eigenvalue weighted by Gasteiger charge is 2.49. The van der Waals surface area contributed by atoms with Crippen LogP contribution in [0.3, 0.4) is 0 Å². The van der Waals surface area contributed by atoms with Gasteiger partial charge in [0.05, 0.1) is 6.10 Å². The number of likely N-dealkylation sites (N-methyl/N-ethyl adjacent to an activating group) is 1. The van der Waals surface area contributed by atoms with E-state index in [-0.39, 0.29) is 23.5 Å². The van der Waals surface area contributed by atoms with E-state index in [0.29, 0.717) is 5.92 Å². The number of carbonyl (C=O) groups excluding carboxylic acids is 1. The van der Waals surface area contributed by atoms with Gasteiger partial charge in [0.1, 0.15) is 6.10 Å². The number of fused-ring (bicyclic) bond motifs is 2. The van der Waals surface area contributed by atoms with E-state index in [1.165, 1.54) is 11.1 Å². The maximum absolute atomic E-state index is 12.3. The number of amides is 1. The first-order chi connectivity index (χ1) is 10.3. The van der Waals surface area contributed by atoms with Gasteiger partial charge in [0, 0.05) is 38.0 Å². The average molecular weight is 303 g/mol. The summed E-state index contributed by atoms with van der Waals surface area (Å²) in [6, 6.07) is 0. The molecule has 3 aliphatic rings. The Kier molecular flexibility index (Phi) is 3.57. The minimum atomic E-state index is -0.0473. The van der Waals surface area contributed by atoms with Gasteiger partial charge >= 0.3 is 0 Å². The van der Waals surface area contributed by atoms with Crippen molar-refractivity contribution in [3.63, 3.8) is 0 Å². The van der Waals surface area contributed by atoms with Crippen LogP contribution in [0, 0.1) is 11.3 Å². The van der Waals surface area contributed by atoms with Gasteiger partial charge in [-0.3, -0.25) is 4.79 Å². The number of hydrogen-bond donors (Lipinski definition) is 0. The molecule has 0 aromatic rings. The van der Waals surface area contributed by atoms with E-state index in [9.17, 15) is 4.79 Å². The molecule has 2 aliphatic carbocycles. The second-order valence-electron chi connectivity index (χ2n) is 6.90. The minimum absolute atomic E-state index is 0.0265. The predicted octanol–water partition coefficient (Wildman–Crippen LogP) is 2.67. The molecule has 0 unspecified atom stereocenters. The first-order valence-corrected chi connectivity index (χ1v) is 7.83. The second-order valence-corrected chi connectivity index (χ2v) is 6.90. The molecule has 0 saturated heterocycles. The number of allylic oxidation sites excluding steroid dienone is 3. The molecular weight excluding hydrogens is 278 g/mol. The lowest BCUT2D eigenvalue weighted by molar-refractivity contribution is -0.123. The van der Waals surface area contributed by atoms with E-state index in [0.717, 1.165) is 17.7 Å². The summed E-state index contributed by atoms with van der Waals surface area (Å²) in [5.74, 6) is 0.421. The van der Waals surface area contributed by atoms with Crippen LogP contribution in [0.2, 0.25) is 0 Å². The molecule has 4 nitrogen and oxygen atoms in total. The van der Waals surface area contributed by atoms with Crippen molar-refractivity contribution in [3.8, 4) is 0 Å². The molecular formula is C18H25NO3. The van der Waals surface area contributed by atoms with Crippen molar-refractivity contribution in [1.82, 2.24) is 4.90 Å². The number of rotatable bonds is 2. The number of nitrogens with zero attached hydrogens (tertiary/aromatic N) is 1. The molecule has 1 aliphatic heterocycles. The highest BCUT2D eigenvalue weighted by molar-refractivity contribution is 6.00. The van der Waals surface area contributed by atoms with Crippen LogP contribution in [0.5, 0.6) is 0 Å². The molecule has 0 aromatic heterocycles. The van der Waals surface area contributed by atoms with Crippen molar-refractivity contribution in [2.75, 3.05) is 21.3 Å². The molecule has 120 valence electrons. The Labute approximate surface area is 132 Å². The fourth-order valence-corrected chi connectivity index (χ4v) is 4.19. The molecule has 0 bridgehead atoms. The highest BCUT2D eigenvalue weighted by atomic mass is 16.5. The lowest BCUT2D eigenvalue weighted by atomic mass is 9.59. The summed E-state index contributed by atoms with van der Waals surface area (Å²) >= 11 is 0. The Bertz CT molecular complexity index is 616. The van der Waals surface area contributed by atoms with Gasteiger partial charge in [-0.15, -0.1) is 0 Å². The van der Waals surface area contributed by atoms with Crippen LogP contribution in [0.25, 0.3) is 0 Å². The molecule has 1 amide bonds. The van der Waals surface area contributed by atoms with Crippen molar-refractivity contribution >= 4 is 5.91 Å². The Morgan fingerprint density at radius 3 is 2.59 bits per heavy atom. The summed E-state index contributed by atoms with van der Waals surface area (Å²) in [6.07, 6.45) is 5.20. The van der Waals surface area contributed by atoms with Gasteiger partial charge < -0.3 is 14.4 Å². The normalized spacial score (nSPS) is 37.8. The lowest BCUT2D eigenvalue weighted by Gasteiger charge is -2.49. The van der Waals surface area contributed by atoms with Gasteiger partial charge in [-0.2, -0.15) is 0 Å². The van der Waals surface area contributed by atoms with Crippen molar-refractivity contribution in [3.05, 3.63) is 34.6 Å². The molecule has 0 aromatic carbocycles. The smallest absolute Gasteiger partial charge is 0.254 e. The highest BCUT2D eigenvalue weighted by Crippen LogP contribution is 2.54. The average Bonchev–Trinajstić information content (AvgIpc) is 2.70. The third kappa shape index (κ3) is 1.87. The summed E-state index contributed by atoms with van der Waals surface area (Å²) in [5.41, 5.74) is 4.34. The van der Waals surface area contributed by atoms with Crippen molar-refractivity contribution in [2.45, 2.75) is 39.4 Å². The first-order valence-electron chi connectivity index (χ1n) is 7.83. The third-order valence-electron chi connectivity index (χ3n) is 5.95. The number of hydrogen-bond acceptors (Lipinski definition) is 3. The number of ether oxygens (including phenoxy) is 2. The summed E-state index contributed by atoms with van der Waals surface area (Å²) in [4.78, 5) is 14.0. The van der Waals surface area contributed by atoms with Crippen LogP contribution in [0.15, 0.2) is 34.6 Å². The number of methoxy groups -OCH3 is 2. The summed E-state index contributed by atoms with van der Waals surface area (Å²) in [5, 5.41) is 0. The van der Waals surface area contributed by atoms with E-state index in [1.807, 2.05) is 14.0 Å². The third-order valence-corrected chi connectivity index (χ3v) is 5.95. The van der Waals surface area contributed by atoms with Gasteiger partial charge in [0.25, 0.3) is 5.91 Å². The Balaban J connectivity index is 2.15. The van der Waals surface area contributed by atoms with Crippen molar-refractivity contribution in [1.29, 1.82) is 0 Å². The quantitative estimate of drug-likeness (QED) is 0.787. The van der Waals surface area contributed by atoms with Gasteiger partial charge in [-0.25, -0.2) is 0 Å². The van der Waals surface area contributed by atoms with Gasteiger partial charge in [0.15, 0.2) is 0 Å². The van der Waals surface area contributed by atoms with Crippen molar-refractivity contribution < 1.29 is 14.3 Å². The molecule has 4 atom stereocenters. The van der Waals surface area contributed by atoms with Crippen LogP contribution >= 0.6 is 0 Å². The maximum atomic E-state index is 12.3. The fourth-order valence-electron chi connectivity index (χ4n) is 4.19. The summed E-state index contributed by atoms with van der Waals surface area (Å²) in [7, 11) is 5.32. The van der Waals surface area contributed by atoms with Crippen LogP contribution in [0.4, 0.5) is 0 Å². The van der Waals surface area contributed by atoms with Crippen molar-refractivity contribution in [2.24, 2.45) is 11.3 Å². The Morgan fingerprint density at radius 1 is 1.32 bits per heavy atom. The molecule has 0 fully saturated rings. The Hall–Kier alpha value is -1.39. The standard InChI is InChI=1S/C18H25NO3/c1-10-13-9-18(3)11(2)16(22-6)15(21-5)8-12(18)7-14(13)19(4)17(10)20/h7-8,11,15-16H,9H2,1-6H3/t11-,15+,16+,18+/m0/s1. The van der Waals surface area contributed by atoms with Gasteiger partial charge in [-0.1, -0.05) is 13.8 Å². The summed E-state index contributed by atoms with van der Waals surface area (Å²) in [6.45, 7) is 6.44. The topological polar surface area (TPSA) is 38.8 Å². The van der Waals surface area contributed by atoms with Crippen LogP contribution in [0.1, 0.15) is 27.2 Å². The lowest BCUT2D eigenvalue weighted by Crippen LogP contribution is -2.48. The van der Waals surface area contributed by atoms with E-state index >= 15 is 0 Å². The summed E-state index contributed by atoms with van der Waals surface area (Å²) < 4.78 is 11.3. The van der Waals surface area contributed by atoms with E-state index < -0.39 is 0 Å². The fraction of sp³-hybridized carbons (Fsp3) is 0.611. The van der Waals surface area contributed by atoms with E-state index in [4.69, 9.17) is 9.47 Å².